The van der Waals surface area contributed by atoms with Gasteiger partial charge >= 0.3 is 0 Å². The maximum absolute atomic E-state index is 3.25. The molecular formula is C9H7S. The number of thioether (sulfide) groups is 1. The highest BCUT2D eigenvalue weighted by Crippen LogP contribution is 2.02. The zero-order valence-electron chi connectivity index (χ0n) is 5.50. The van der Waals surface area contributed by atoms with Gasteiger partial charge in [-0.05, 0) is 10.4 Å². The minimum absolute atomic E-state index is 1.07. The van der Waals surface area contributed by atoms with Crippen LogP contribution in [0, 0.1) is 0 Å². The first kappa shape index (κ1) is 6.05. The molecule has 0 atom stereocenters. The predicted octanol–water partition coefficient (Wildman–Crippen LogP) is 0.829. The number of benzene rings is 1. The summed E-state index contributed by atoms with van der Waals surface area (Å²) in [5, 5.41) is 5.80. The molecule has 1 aromatic rings. The van der Waals surface area contributed by atoms with Crippen molar-refractivity contribution < 1.29 is 0 Å². The van der Waals surface area contributed by atoms with Crippen LogP contribution in [0.2, 0.25) is 0 Å². The van der Waals surface area contributed by atoms with Gasteiger partial charge in [0.2, 0.25) is 0 Å². The lowest BCUT2D eigenvalue weighted by atomic mass is 10.2. The SMILES string of the molecule is [C]1=c2ccccc2=CCS1. The van der Waals surface area contributed by atoms with Crippen molar-refractivity contribution in [1.29, 1.82) is 0 Å². The average molecular weight is 147 g/mol. The molecule has 0 aromatic heterocycles. The monoisotopic (exact) mass is 147 g/mol. The first-order valence-electron chi connectivity index (χ1n) is 3.27. The molecule has 0 amide bonds. The largest absolute Gasteiger partial charge is 0.120 e. The first-order valence-corrected chi connectivity index (χ1v) is 4.25. The summed E-state index contributed by atoms with van der Waals surface area (Å²) in [7, 11) is 0. The fourth-order valence-corrected chi connectivity index (χ4v) is 1.71. The van der Waals surface area contributed by atoms with Crippen LogP contribution in [0.1, 0.15) is 0 Å². The highest BCUT2D eigenvalue weighted by atomic mass is 32.2. The third-order valence-electron chi connectivity index (χ3n) is 1.53. The predicted molar refractivity (Wildman–Crippen MR) is 46.0 cm³/mol. The molecule has 1 radical (unpaired) electrons. The molecule has 0 saturated heterocycles. The summed E-state index contributed by atoms with van der Waals surface area (Å²) in [4.78, 5) is 0. The second kappa shape index (κ2) is 2.51. The molecule has 0 nitrogen and oxygen atoms in total. The van der Waals surface area contributed by atoms with Gasteiger partial charge in [-0.3, -0.25) is 0 Å². The molecule has 10 heavy (non-hydrogen) atoms. The fourth-order valence-electron chi connectivity index (χ4n) is 1.02. The van der Waals surface area contributed by atoms with E-state index in [1.54, 1.807) is 11.8 Å². The maximum Gasteiger partial charge on any atom is 0.0296 e. The maximum atomic E-state index is 3.25. The van der Waals surface area contributed by atoms with Crippen LogP contribution >= 0.6 is 11.8 Å². The van der Waals surface area contributed by atoms with Crippen molar-refractivity contribution in [2.45, 2.75) is 0 Å². The van der Waals surface area contributed by atoms with Crippen molar-refractivity contribution in [3.05, 3.63) is 34.7 Å². The normalized spacial score (nSPS) is 14.8. The summed E-state index contributed by atoms with van der Waals surface area (Å²) in [5.41, 5.74) is 0. The van der Waals surface area contributed by atoms with Gasteiger partial charge in [0.25, 0.3) is 0 Å². The van der Waals surface area contributed by atoms with Gasteiger partial charge in [0, 0.05) is 11.2 Å². The smallest absolute Gasteiger partial charge is 0.0296 e. The molecule has 0 fully saturated rings. The molecule has 0 bridgehead atoms. The lowest BCUT2D eigenvalue weighted by molar-refractivity contribution is 1.51. The molecule has 49 valence electrons. The number of fused-ring (bicyclic) bond motifs is 1. The molecule has 0 saturated carbocycles. The number of hydrogen-bond acceptors (Lipinski definition) is 1. The standard InChI is InChI=1S/C9H7S/c1-2-4-9-7-10-6-5-8(9)3-1/h1-5H,6H2. The Balaban J connectivity index is 2.84. The van der Waals surface area contributed by atoms with Crippen molar-refractivity contribution in [2.24, 2.45) is 0 Å². The van der Waals surface area contributed by atoms with Crippen molar-refractivity contribution in [3.8, 4) is 0 Å². The van der Waals surface area contributed by atoms with E-state index < -0.39 is 0 Å². The second-order valence-corrected chi connectivity index (χ2v) is 3.03. The number of hydrogen-bond donors (Lipinski definition) is 0. The third kappa shape index (κ3) is 0.971. The Kier molecular flexibility index (Phi) is 1.52. The van der Waals surface area contributed by atoms with E-state index in [2.05, 4.69) is 29.7 Å². The molecule has 1 aliphatic rings. The Bertz CT molecular complexity index is 303. The van der Waals surface area contributed by atoms with Gasteiger partial charge in [-0.2, -0.15) is 0 Å². The van der Waals surface area contributed by atoms with Gasteiger partial charge in [0.1, 0.15) is 0 Å². The summed E-state index contributed by atoms with van der Waals surface area (Å²) in [6, 6.07) is 8.33. The zero-order chi connectivity index (χ0) is 6.81. The quantitative estimate of drug-likeness (QED) is 0.524. The van der Waals surface area contributed by atoms with E-state index >= 15 is 0 Å². The molecule has 0 N–H and O–H groups in total. The van der Waals surface area contributed by atoms with Crippen molar-refractivity contribution >= 4 is 23.2 Å². The van der Waals surface area contributed by atoms with E-state index in [-0.39, 0.29) is 0 Å². The van der Waals surface area contributed by atoms with Crippen LogP contribution in [0.25, 0.3) is 11.5 Å². The summed E-state index contributed by atoms with van der Waals surface area (Å²) in [5.74, 6) is 1.07. The lowest BCUT2D eigenvalue weighted by Crippen LogP contribution is -2.25. The third-order valence-corrected chi connectivity index (χ3v) is 2.23. The van der Waals surface area contributed by atoms with Gasteiger partial charge in [-0.15, -0.1) is 11.8 Å². The molecule has 1 aromatic carbocycles. The highest BCUT2D eigenvalue weighted by molar-refractivity contribution is 8.06. The van der Waals surface area contributed by atoms with Gasteiger partial charge in [-0.1, -0.05) is 30.3 Å². The van der Waals surface area contributed by atoms with Crippen LogP contribution in [0.3, 0.4) is 0 Å². The molecule has 0 spiro atoms. The summed E-state index contributed by atoms with van der Waals surface area (Å²) in [6.45, 7) is 0. The Morgan fingerprint density at radius 3 is 3.10 bits per heavy atom. The summed E-state index contributed by atoms with van der Waals surface area (Å²) in [6.07, 6.45) is 2.23. The van der Waals surface area contributed by atoms with Crippen molar-refractivity contribution in [2.75, 3.05) is 5.75 Å². The molecule has 1 heterocycles. The van der Waals surface area contributed by atoms with Gasteiger partial charge in [0.05, 0.1) is 0 Å². The second-order valence-electron chi connectivity index (χ2n) is 2.20. The molecule has 0 unspecified atom stereocenters. The molecule has 1 aliphatic heterocycles. The van der Waals surface area contributed by atoms with E-state index in [1.165, 1.54) is 10.4 Å². The van der Waals surface area contributed by atoms with Crippen LogP contribution in [-0.4, -0.2) is 5.75 Å². The van der Waals surface area contributed by atoms with E-state index in [4.69, 9.17) is 0 Å². The van der Waals surface area contributed by atoms with Gasteiger partial charge < -0.3 is 0 Å². The van der Waals surface area contributed by atoms with Crippen molar-refractivity contribution in [1.82, 2.24) is 0 Å². The minimum atomic E-state index is 1.07. The van der Waals surface area contributed by atoms with Crippen molar-refractivity contribution in [3.63, 3.8) is 0 Å². The molecule has 0 aliphatic carbocycles. The Hall–Kier alpha value is -0.690. The lowest BCUT2D eigenvalue weighted by Gasteiger charge is -1.95. The zero-order valence-corrected chi connectivity index (χ0v) is 6.32. The Morgan fingerprint density at radius 2 is 2.20 bits per heavy atom. The van der Waals surface area contributed by atoms with Gasteiger partial charge in [0.15, 0.2) is 0 Å². The molecule has 2 rings (SSSR count). The van der Waals surface area contributed by atoms with E-state index in [9.17, 15) is 0 Å². The minimum Gasteiger partial charge on any atom is -0.120 e. The average Bonchev–Trinajstić information content (AvgIpc) is 2.05. The van der Waals surface area contributed by atoms with E-state index in [0.717, 1.165) is 5.75 Å². The summed E-state index contributed by atoms with van der Waals surface area (Å²) < 4.78 is 0. The van der Waals surface area contributed by atoms with Gasteiger partial charge in [-0.25, -0.2) is 0 Å². The van der Waals surface area contributed by atoms with Crippen LogP contribution in [-0.2, 0) is 0 Å². The Morgan fingerprint density at radius 1 is 1.30 bits per heavy atom. The van der Waals surface area contributed by atoms with Crippen LogP contribution in [0.4, 0.5) is 0 Å². The topological polar surface area (TPSA) is 0 Å². The van der Waals surface area contributed by atoms with Crippen LogP contribution < -0.4 is 10.4 Å². The van der Waals surface area contributed by atoms with E-state index in [1.807, 2.05) is 6.07 Å². The highest BCUT2D eigenvalue weighted by Gasteiger charge is 1.90. The molecule has 1 heteroatoms. The van der Waals surface area contributed by atoms with Crippen LogP contribution in [0.15, 0.2) is 24.3 Å². The first-order chi connectivity index (χ1) is 4.97. The fraction of sp³-hybridized carbons (Fsp3) is 0.111. The van der Waals surface area contributed by atoms with E-state index in [0.29, 0.717) is 0 Å². The molecular weight excluding hydrogens is 140 g/mol. The summed E-state index contributed by atoms with van der Waals surface area (Å²) >= 11 is 1.73. The Labute approximate surface area is 64.3 Å². The number of rotatable bonds is 0. The van der Waals surface area contributed by atoms with Crippen LogP contribution in [0.5, 0.6) is 0 Å².